The van der Waals surface area contributed by atoms with Crippen LogP contribution in [0.3, 0.4) is 0 Å². The van der Waals surface area contributed by atoms with E-state index in [-0.39, 0.29) is 25.1 Å². The summed E-state index contributed by atoms with van der Waals surface area (Å²) in [4.78, 5) is 24.1. The maximum absolute atomic E-state index is 13.8. The van der Waals surface area contributed by atoms with E-state index >= 15 is 0 Å². The molecule has 0 fully saturated rings. The molecule has 2 heterocycles. The number of carbonyl (C=O) groups is 2. The Bertz CT molecular complexity index is 1090. The molecule has 0 spiro atoms. The van der Waals surface area contributed by atoms with Crippen LogP contribution in [0.5, 0.6) is 5.75 Å². The average molecular weight is 397 g/mol. The van der Waals surface area contributed by atoms with Gasteiger partial charge in [-0.2, -0.15) is 0 Å². The minimum atomic E-state index is -0.541. The van der Waals surface area contributed by atoms with E-state index < -0.39 is 5.91 Å². The number of halogens is 1. The van der Waals surface area contributed by atoms with Crippen molar-refractivity contribution in [2.45, 2.75) is 19.6 Å². The number of para-hydroxylation sites is 1. The summed E-state index contributed by atoms with van der Waals surface area (Å²) in [7, 11) is 0. The molecule has 2 aromatic carbocycles. The Kier molecular flexibility index (Phi) is 5.18. The van der Waals surface area contributed by atoms with Crippen molar-refractivity contribution in [3.8, 4) is 5.75 Å². The summed E-state index contributed by atoms with van der Waals surface area (Å²) in [6, 6.07) is 10.1. The minimum absolute atomic E-state index is 0.0411. The molecule has 0 saturated heterocycles. The van der Waals surface area contributed by atoms with Crippen molar-refractivity contribution in [2.24, 2.45) is 5.73 Å². The standard InChI is InChI=1S/C21H20FN3O4/c22-15-7-13(20-14(8-15)11-28-12-29-20)5-6-24-19(26)10-25-9-17(21(23)27)16-3-1-2-4-18(16)25/h1-4,7-9H,5-6,10-12H2,(H2,23,27)(H,24,26). The van der Waals surface area contributed by atoms with Crippen molar-refractivity contribution < 1.29 is 23.5 Å². The lowest BCUT2D eigenvalue weighted by molar-refractivity contribution is -0.121. The van der Waals surface area contributed by atoms with Crippen LogP contribution in [0.25, 0.3) is 10.9 Å². The molecule has 0 atom stereocenters. The summed E-state index contributed by atoms with van der Waals surface area (Å²) in [5.41, 5.74) is 7.91. The van der Waals surface area contributed by atoms with Crippen LogP contribution >= 0.6 is 0 Å². The summed E-state index contributed by atoms with van der Waals surface area (Å²) in [6.07, 6.45) is 2.01. The van der Waals surface area contributed by atoms with Crippen molar-refractivity contribution in [3.05, 3.63) is 65.1 Å². The molecule has 1 aliphatic heterocycles. The number of nitrogens with zero attached hydrogens (tertiary/aromatic N) is 1. The van der Waals surface area contributed by atoms with Crippen LogP contribution in [0.4, 0.5) is 4.39 Å². The number of rotatable bonds is 6. The number of hydrogen-bond donors (Lipinski definition) is 2. The summed E-state index contributed by atoms with van der Waals surface area (Å²) in [5, 5.41) is 3.53. The van der Waals surface area contributed by atoms with E-state index in [0.29, 0.717) is 47.4 Å². The summed E-state index contributed by atoms with van der Waals surface area (Å²) in [6.45, 7) is 0.788. The van der Waals surface area contributed by atoms with Crippen molar-refractivity contribution in [3.63, 3.8) is 0 Å². The first-order chi connectivity index (χ1) is 14.0. The lowest BCUT2D eigenvalue weighted by atomic mass is 10.1. The largest absolute Gasteiger partial charge is 0.467 e. The van der Waals surface area contributed by atoms with E-state index in [9.17, 15) is 14.0 Å². The van der Waals surface area contributed by atoms with Gasteiger partial charge >= 0.3 is 0 Å². The van der Waals surface area contributed by atoms with Crippen LogP contribution in [0.15, 0.2) is 42.6 Å². The highest BCUT2D eigenvalue weighted by molar-refractivity contribution is 6.06. The molecular weight excluding hydrogens is 377 g/mol. The highest BCUT2D eigenvalue weighted by Crippen LogP contribution is 2.29. The Morgan fingerprint density at radius 2 is 2.07 bits per heavy atom. The van der Waals surface area contributed by atoms with Crippen molar-refractivity contribution in [2.75, 3.05) is 13.3 Å². The lowest BCUT2D eigenvalue weighted by Gasteiger charge is -2.21. The van der Waals surface area contributed by atoms with Crippen LogP contribution in [0.1, 0.15) is 21.5 Å². The van der Waals surface area contributed by atoms with Gasteiger partial charge in [0.05, 0.1) is 12.2 Å². The number of carbonyl (C=O) groups excluding carboxylic acids is 2. The molecule has 0 aliphatic carbocycles. The van der Waals surface area contributed by atoms with Gasteiger partial charge in [0.2, 0.25) is 5.91 Å². The maximum Gasteiger partial charge on any atom is 0.250 e. The number of nitrogens with one attached hydrogen (secondary N) is 1. The van der Waals surface area contributed by atoms with Gasteiger partial charge in [-0.1, -0.05) is 18.2 Å². The third-order valence-corrected chi connectivity index (χ3v) is 4.84. The number of hydrogen-bond acceptors (Lipinski definition) is 4. The molecule has 0 bridgehead atoms. The maximum atomic E-state index is 13.8. The molecule has 29 heavy (non-hydrogen) atoms. The third-order valence-electron chi connectivity index (χ3n) is 4.84. The van der Waals surface area contributed by atoms with E-state index in [4.69, 9.17) is 15.2 Å². The normalized spacial score (nSPS) is 13.0. The second kappa shape index (κ2) is 7.92. The van der Waals surface area contributed by atoms with Crippen LogP contribution in [0.2, 0.25) is 0 Å². The molecular formula is C21H20FN3O4. The molecule has 2 amide bonds. The first-order valence-corrected chi connectivity index (χ1v) is 9.19. The lowest BCUT2D eigenvalue weighted by Crippen LogP contribution is -2.29. The number of ether oxygens (including phenoxy) is 2. The smallest absolute Gasteiger partial charge is 0.250 e. The number of benzene rings is 2. The van der Waals surface area contributed by atoms with Gasteiger partial charge in [0, 0.05) is 29.2 Å². The number of amides is 2. The van der Waals surface area contributed by atoms with Crippen LogP contribution in [-0.2, 0) is 29.1 Å². The summed E-state index contributed by atoms with van der Waals surface area (Å²) >= 11 is 0. The number of nitrogens with two attached hydrogens (primary N) is 1. The van der Waals surface area contributed by atoms with E-state index in [1.165, 1.54) is 12.1 Å². The number of aromatic nitrogens is 1. The molecule has 1 aromatic heterocycles. The zero-order valence-corrected chi connectivity index (χ0v) is 15.6. The molecule has 0 unspecified atom stereocenters. The van der Waals surface area contributed by atoms with Gasteiger partial charge in [-0.15, -0.1) is 0 Å². The predicted octanol–water partition coefficient (Wildman–Crippen LogP) is 2.10. The van der Waals surface area contributed by atoms with Gasteiger partial charge < -0.3 is 25.1 Å². The van der Waals surface area contributed by atoms with Crippen LogP contribution in [0, 0.1) is 5.82 Å². The van der Waals surface area contributed by atoms with E-state index in [1.807, 2.05) is 18.2 Å². The number of primary amides is 1. The fourth-order valence-corrected chi connectivity index (χ4v) is 3.56. The first kappa shape index (κ1) is 18.9. The fraction of sp³-hybridized carbons (Fsp3) is 0.238. The molecule has 7 nitrogen and oxygen atoms in total. The summed E-state index contributed by atoms with van der Waals surface area (Å²) in [5.74, 6) is -0.511. The second-order valence-electron chi connectivity index (χ2n) is 6.82. The Hall–Kier alpha value is -3.39. The van der Waals surface area contributed by atoms with E-state index in [0.717, 1.165) is 5.52 Å². The molecule has 3 N–H and O–H groups in total. The van der Waals surface area contributed by atoms with Crippen LogP contribution < -0.4 is 15.8 Å². The van der Waals surface area contributed by atoms with Gasteiger partial charge in [0.15, 0.2) is 6.79 Å². The SMILES string of the molecule is NC(=O)c1cn(CC(=O)NCCc2cc(F)cc3c2OCOC3)c2ccccc12. The Morgan fingerprint density at radius 1 is 1.24 bits per heavy atom. The van der Waals surface area contributed by atoms with Crippen molar-refractivity contribution in [1.29, 1.82) is 0 Å². The Labute approximate surface area is 166 Å². The molecule has 0 saturated carbocycles. The molecule has 4 rings (SSSR count). The van der Waals surface area contributed by atoms with Crippen LogP contribution in [-0.4, -0.2) is 29.7 Å². The molecule has 3 aromatic rings. The number of fused-ring (bicyclic) bond motifs is 2. The monoisotopic (exact) mass is 397 g/mol. The average Bonchev–Trinajstić information content (AvgIpc) is 3.06. The van der Waals surface area contributed by atoms with Crippen molar-refractivity contribution in [1.82, 2.24) is 9.88 Å². The van der Waals surface area contributed by atoms with Crippen molar-refractivity contribution >= 4 is 22.7 Å². The highest BCUT2D eigenvalue weighted by atomic mass is 19.1. The predicted molar refractivity (Wildman–Crippen MR) is 104 cm³/mol. The van der Waals surface area contributed by atoms with E-state index in [1.54, 1.807) is 16.8 Å². The Balaban J connectivity index is 1.42. The van der Waals surface area contributed by atoms with E-state index in [2.05, 4.69) is 5.32 Å². The van der Waals surface area contributed by atoms with Gasteiger partial charge in [-0.05, 0) is 30.2 Å². The van der Waals surface area contributed by atoms with Gasteiger partial charge in [-0.25, -0.2) is 4.39 Å². The second-order valence-corrected chi connectivity index (χ2v) is 6.82. The molecule has 150 valence electrons. The Morgan fingerprint density at radius 3 is 2.90 bits per heavy atom. The minimum Gasteiger partial charge on any atom is -0.467 e. The molecule has 8 heteroatoms. The molecule has 1 aliphatic rings. The summed E-state index contributed by atoms with van der Waals surface area (Å²) < 4.78 is 26.2. The highest BCUT2D eigenvalue weighted by Gasteiger charge is 2.17. The van der Waals surface area contributed by atoms with Gasteiger partial charge in [0.1, 0.15) is 18.1 Å². The van der Waals surface area contributed by atoms with Gasteiger partial charge in [-0.3, -0.25) is 9.59 Å². The first-order valence-electron chi connectivity index (χ1n) is 9.19. The quantitative estimate of drug-likeness (QED) is 0.666. The van der Waals surface area contributed by atoms with Gasteiger partial charge in [0.25, 0.3) is 5.91 Å². The fourth-order valence-electron chi connectivity index (χ4n) is 3.56. The molecule has 0 radical (unpaired) electrons. The zero-order chi connectivity index (χ0) is 20.4. The zero-order valence-electron chi connectivity index (χ0n) is 15.6. The topological polar surface area (TPSA) is 95.6 Å². The third kappa shape index (κ3) is 3.93.